The first kappa shape index (κ1) is 16.8. The number of furan rings is 1. The second-order valence-corrected chi connectivity index (χ2v) is 7.10. The lowest BCUT2D eigenvalue weighted by Gasteiger charge is -2.21. The summed E-state index contributed by atoms with van der Waals surface area (Å²) in [6.07, 6.45) is 1.61. The maximum Gasteiger partial charge on any atom is 0.261 e. The average molecular weight is 406 g/mol. The quantitative estimate of drug-likeness (QED) is 0.571. The van der Waals surface area contributed by atoms with Crippen molar-refractivity contribution in [2.45, 2.75) is 13.1 Å². The first-order chi connectivity index (χ1) is 11.7. The molecule has 2 heterocycles. The molecule has 0 saturated heterocycles. The highest BCUT2D eigenvalue weighted by Gasteiger charge is 2.17. The number of ether oxygens (including phenoxy) is 1. The molecule has 2 aromatic heterocycles. The topological polar surface area (TPSA) is 42.7 Å². The van der Waals surface area contributed by atoms with Crippen molar-refractivity contribution in [2.75, 3.05) is 6.61 Å². The summed E-state index contributed by atoms with van der Waals surface area (Å²) in [6, 6.07) is 15.1. The number of carbonyl (C=O) groups excluding carboxylic acids is 1. The smallest absolute Gasteiger partial charge is 0.261 e. The Hall–Kier alpha value is -2.05. The summed E-state index contributed by atoms with van der Waals surface area (Å²) in [5.41, 5.74) is 0. The van der Waals surface area contributed by atoms with E-state index in [0.717, 1.165) is 15.1 Å². The molecule has 124 valence electrons. The molecule has 0 fully saturated rings. The van der Waals surface area contributed by atoms with Gasteiger partial charge in [-0.15, -0.1) is 11.3 Å². The van der Waals surface area contributed by atoms with Gasteiger partial charge in [0, 0.05) is 9.35 Å². The Labute approximate surface area is 152 Å². The molecule has 0 saturated carbocycles. The van der Waals surface area contributed by atoms with Gasteiger partial charge >= 0.3 is 0 Å². The normalized spacial score (nSPS) is 10.5. The van der Waals surface area contributed by atoms with Crippen LogP contribution in [0.2, 0.25) is 0 Å². The van der Waals surface area contributed by atoms with Crippen LogP contribution in [0.5, 0.6) is 5.75 Å². The fraction of sp³-hybridized carbons (Fsp3) is 0.167. The SMILES string of the molecule is O=C(COc1ccc(Br)cc1)N(Cc1ccco1)Cc1cccs1. The first-order valence-corrected chi connectivity index (χ1v) is 9.09. The number of carbonyl (C=O) groups is 1. The number of hydrogen-bond acceptors (Lipinski definition) is 4. The van der Waals surface area contributed by atoms with Crippen molar-refractivity contribution in [1.29, 1.82) is 0 Å². The lowest BCUT2D eigenvalue weighted by molar-refractivity contribution is -0.134. The van der Waals surface area contributed by atoms with Gasteiger partial charge in [-0.1, -0.05) is 22.0 Å². The van der Waals surface area contributed by atoms with Gasteiger partial charge in [-0.2, -0.15) is 0 Å². The van der Waals surface area contributed by atoms with Gasteiger partial charge < -0.3 is 14.1 Å². The molecule has 0 aliphatic carbocycles. The van der Waals surface area contributed by atoms with Crippen molar-refractivity contribution in [2.24, 2.45) is 0 Å². The molecule has 4 nitrogen and oxygen atoms in total. The average Bonchev–Trinajstić information content (AvgIpc) is 3.27. The number of benzene rings is 1. The summed E-state index contributed by atoms with van der Waals surface area (Å²) < 4.78 is 11.9. The van der Waals surface area contributed by atoms with Crippen LogP contribution >= 0.6 is 27.3 Å². The number of halogens is 1. The van der Waals surface area contributed by atoms with Crippen LogP contribution in [0.1, 0.15) is 10.6 Å². The maximum absolute atomic E-state index is 12.6. The Kier molecular flexibility index (Phi) is 5.72. The highest BCUT2D eigenvalue weighted by molar-refractivity contribution is 9.10. The van der Waals surface area contributed by atoms with Crippen molar-refractivity contribution in [3.63, 3.8) is 0 Å². The number of hydrogen-bond donors (Lipinski definition) is 0. The number of thiophene rings is 1. The molecule has 6 heteroatoms. The second kappa shape index (κ2) is 8.17. The number of rotatable bonds is 7. The van der Waals surface area contributed by atoms with E-state index in [-0.39, 0.29) is 12.5 Å². The van der Waals surface area contributed by atoms with Gasteiger partial charge in [0.2, 0.25) is 0 Å². The number of amides is 1. The fourth-order valence-electron chi connectivity index (χ4n) is 2.18. The Morgan fingerprint density at radius 3 is 2.62 bits per heavy atom. The molecule has 0 N–H and O–H groups in total. The van der Waals surface area contributed by atoms with E-state index in [0.29, 0.717) is 18.8 Å². The van der Waals surface area contributed by atoms with Crippen molar-refractivity contribution in [3.05, 3.63) is 75.3 Å². The van der Waals surface area contributed by atoms with E-state index in [2.05, 4.69) is 15.9 Å². The molecular formula is C18H16BrNO3S. The summed E-state index contributed by atoms with van der Waals surface area (Å²) >= 11 is 5.00. The van der Waals surface area contributed by atoms with Gasteiger partial charge in [0.1, 0.15) is 11.5 Å². The van der Waals surface area contributed by atoms with E-state index in [1.54, 1.807) is 22.5 Å². The summed E-state index contributed by atoms with van der Waals surface area (Å²) in [5.74, 6) is 1.34. The summed E-state index contributed by atoms with van der Waals surface area (Å²) in [5, 5.41) is 2.00. The fourth-order valence-corrected chi connectivity index (χ4v) is 3.16. The largest absolute Gasteiger partial charge is 0.484 e. The minimum absolute atomic E-state index is 0.00623. The zero-order chi connectivity index (χ0) is 16.8. The third-order valence-electron chi connectivity index (χ3n) is 3.38. The molecule has 3 aromatic rings. The van der Waals surface area contributed by atoms with Crippen LogP contribution in [0, 0.1) is 0 Å². The third-order valence-corrected chi connectivity index (χ3v) is 4.77. The minimum Gasteiger partial charge on any atom is -0.484 e. The standard InChI is InChI=1S/C18H16BrNO3S/c19-14-5-7-15(8-6-14)23-13-18(21)20(11-16-3-1-9-22-16)12-17-4-2-10-24-17/h1-10H,11-13H2. The third kappa shape index (κ3) is 4.72. The zero-order valence-electron chi connectivity index (χ0n) is 12.9. The van der Waals surface area contributed by atoms with Crippen LogP contribution in [0.4, 0.5) is 0 Å². The molecule has 24 heavy (non-hydrogen) atoms. The minimum atomic E-state index is -0.0808. The molecule has 0 aliphatic rings. The van der Waals surface area contributed by atoms with Gasteiger partial charge in [0.05, 0.1) is 19.4 Å². The molecule has 0 bridgehead atoms. The van der Waals surface area contributed by atoms with Crippen LogP contribution in [0.15, 0.2) is 69.1 Å². The van der Waals surface area contributed by atoms with Gasteiger partial charge in [-0.05, 0) is 47.8 Å². The Morgan fingerprint density at radius 1 is 1.12 bits per heavy atom. The first-order valence-electron chi connectivity index (χ1n) is 7.41. The van der Waals surface area contributed by atoms with E-state index >= 15 is 0 Å². The van der Waals surface area contributed by atoms with Crippen molar-refractivity contribution < 1.29 is 13.9 Å². The van der Waals surface area contributed by atoms with Crippen LogP contribution in [0.3, 0.4) is 0 Å². The predicted molar refractivity (Wildman–Crippen MR) is 96.9 cm³/mol. The Bertz CT molecular complexity index is 718. The molecule has 1 aromatic carbocycles. The van der Waals surface area contributed by atoms with Crippen LogP contribution in [-0.2, 0) is 17.9 Å². The van der Waals surface area contributed by atoms with Gasteiger partial charge in [0.25, 0.3) is 5.91 Å². The lowest BCUT2D eigenvalue weighted by Crippen LogP contribution is -2.33. The molecule has 0 spiro atoms. The summed E-state index contributed by atoms with van der Waals surface area (Å²) in [7, 11) is 0. The molecule has 0 atom stereocenters. The zero-order valence-corrected chi connectivity index (χ0v) is 15.3. The van der Waals surface area contributed by atoms with Gasteiger partial charge in [-0.3, -0.25) is 4.79 Å². The van der Waals surface area contributed by atoms with E-state index < -0.39 is 0 Å². The van der Waals surface area contributed by atoms with Crippen LogP contribution < -0.4 is 4.74 Å². The molecular weight excluding hydrogens is 390 g/mol. The van der Waals surface area contributed by atoms with E-state index in [9.17, 15) is 4.79 Å². The van der Waals surface area contributed by atoms with Crippen molar-refractivity contribution >= 4 is 33.2 Å². The monoisotopic (exact) mass is 405 g/mol. The maximum atomic E-state index is 12.6. The molecule has 0 unspecified atom stereocenters. The second-order valence-electron chi connectivity index (χ2n) is 5.15. The Morgan fingerprint density at radius 2 is 1.96 bits per heavy atom. The summed E-state index contributed by atoms with van der Waals surface area (Å²) in [4.78, 5) is 15.5. The number of nitrogens with zero attached hydrogens (tertiary/aromatic N) is 1. The van der Waals surface area contributed by atoms with Crippen molar-refractivity contribution in [1.82, 2.24) is 4.90 Å². The van der Waals surface area contributed by atoms with Gasteiger partial charge in [-0.25, -0.2) is 0 Å². The van der Waals surface area contributed by atoms with E-state index in [1.165, 1.54) is 0 Å². The van der Waals surface area contributed by atoms with E-state index in [4.69, 9.17) is 9.15 Å². The Balaban J connectivity index is 1.64. The molecule has 1 amide bonds. The van der Waals surface area contributed by atoms with Gasteiger partial charge in [0.15, 0.2) is 6.61 Å². The highest BCUT2D eigenvalue weighted by Crippen LogP contribution is 2.18. The predicted octanol–water partition coefficient (Wildman–Crippen LogP) is 4.71. The lowest BCUT2D eigenvalue weighted by atomic mass is 10.3. The van der Waals surface area contributed by atoms with Crippen molar-refractivity contribution in [3.8, 4) is 5.75 Å². The molecule has 3 rings (SSSR count). The molecule has 0 radical (unpaired) electrons. The molecule has 0 aliphatic heterocycles. The van der Waals surface area contributed by atoms with Crippen LogP contribution in [-0.4, -0.2) is 17.4 Å². The van der Waals surface area contributed by atoms with E-state index in [1.807, 2.05) is 53.9 Å². The summed E-state index contributed by atoms with van der Waals surface area (Å²) in [6.45, 7) is 0.960. The highest BCUT2D eigenvalue weighted by atomic mass is 79.9. The van der Waals surface area contributed by atoms with Crippen LogP contribution in [0.25, 0.3) is 0 Å².